The van der Waals surface area contributed by atoms with Crippen LogP contribution in [0.1, 0.15) is 32.9 Å². The molecule has 7 nitrogen and oxygen atoms in total. The number of rotatable bonds is 5. The molecule has 8 heteroatoms. The number of aromatic nitrogens is 2. The molecule has 1 fully saturated rings. The van der Waals surface area contributed by atoms with E-state index in [9.17, 15) is 13.2 Å². The number of carbonyl (C=O) groups excluding carboxylic acids is 1. The Hall–Kier alpha value is -2.97. The summed E-state index contributed by atoms with van der Waals surface area (Å²) in [5, 5.41) is 4.50. The van der Waals surface area contributed by atoms with Gasteiger partial charge in [-0.25, -0.2) is 8.42 Å². The van der Waals surface area contributed by atoms with E-state index in [0.717, 1.165) is 11.1 Å². The molecule has 0 radical (unpaired) electrons. The maximum atomic E-state index is 13.5. The molecule has 0 atom stereocenters. The molecule has 0 spiro atoms. The van der Waals surface area contributed by atoms with Gasteiger partial charge in [0.2, 0.25) is 10.0 Å². The fourth-order valence-corrected chi connectivity index (χ4v) is 5.98. The average Bonchev–Trinajstić information content (AvgIpc) is 3.07. The van der Waals surface area contributed by atoms with Gasteiger partial charge in [0.25, 0.3) is 5.91 Å². The minimum atomic E-state index is -3.70. The molecule has 1 aliphatic rings. The van der Waals surface area contributed by atoms with E-state index in [1.165, 1.54) is 4.31 Å². The average molecular weight is 453 g/mol. The van der Waals surface area contributed by atoms with Crippen molar-refractivity contribution in [1.82, 2.24) is 19.0 Å². The molecule has 0 unspecified atom stereocenters. The highest BCUT2D eigenvalue weighted by molar-refractivity contribution is 7.89. The number of piperazine rings is 1. The zero-order valence-electron chi connectivity index (χ0n) is 18.7. The summed E-state index contributed by atoms with van der Waals surface area (Å²) < 4.78 is 30.1. The van der Waals surface area contributed by atoms with Crippen molar-refractivity contribution in [3.8, 4) is 0 Å². The van der Waals surface area contributed by atoms with Crippen molar-refractivity contribution in [3.63, 3.8) is 0 Å². The van der Waals surface area contributed by atoms with Crippen LogP contribution in [0, 0.1) is 20.8 Å². The van der Waals surface area contributed by atoms with E-state index in [-0.39, 0.29) is 23.9 Å². The summed E-state index contributed by atoms with van der Waals surface area (Å²) in [4.78, 5) is 14.8. The lowest BCUT2D eigenvalue weighted by atomic mass is 10.1. The smallest absolute Gasteiger partial charge is 0.253 e. The van der Waals surface area contributed by atoms with Crippen LogP contribution < -0.4 is 0 Å². The Bertz CT molecular complexity index is 1230. The molecule has 0 bridgehead atoms. The number of carbonyl (C=O) groups is 1. The Kier molecular flexibility index (Phi) is 6.17. The second kappa shape index (κ2) is 8.88. The zero-order valence-corrected chi connectivity index (χ0v) is 19.5. The Balaban J connectivity index is 1.50. The molecular formula is C24H28N4O3S. The van der Waals surface area contributed by atoms with Crippen molar-refractivity contribution in [2.24, 2.45) is 0 Å². The van der Waals surface area contributed by atoms with Gasteiger partial charge in [-0.15, -0.1) is 0 Å². The SMILES string of the molecule is Cc1cccc(C(=O)N2CCN(S(=O)(=O)c3c(C)nn(Cc4ccccc4)c3C)CC2)c1. The molecule has 1 aliphatic heterocycles. The van der Waals surface area contributed by atoms with Crippen LogP contribution in [0.15, 0.2) is 59.5 Å². The molecule has 32 heavy (non-hydrogen) atoms. The van der Waals surface area contributed by atoms with Crippen LogP contribution in [0.2, 0.25) is 0 Å². The maximum Gasteiger partial charge on any atom is 0.253 e. The van der Waals surface area contributed by atoms with Gasteiger partial charge in [-0.2, -0.15) is 9.40 Å². The highest BCUT2D eigenvalue weighted by Crippen LogP contribution is 2.25. The first-order valence-electron chi connectivity index (χ1n) is 10.7. The highest BCUT2D eigenvalue weighted by Gasteiger charge is 2.34. The van der Waals surface area contributed by atoms with E-state index in [2.05, 4.69) is 5.10 Å². The van der Waals surface area contributed by atoms with Gasteiger partial charge in [-0.1, -0.05) is 48.0 Å². The molecule has 1 amide bonds. The molecule has 0 saturated carbocycles. The molecule has 1 aromatic heterocycles. The number of sulfonamides is 1. The van der Waals surface area contributed by atoms with Crippen LogP contribution in [-0.4, -0.2) is 59.5 Å². The molecule has 2 aromatic carbocycles. The number of nitrogens with zero attached hydrogens (tertiary/aromatic N) is 4. The van der Waals surface area contributed by atoms with Crippen molar-refractivity contribution < 1.29 is 13.2 Å². The van der Waals surface area contributed by atoms with Crippen LogP contribution in [0.4, 0.5) is 0 Å². The van der Waals surface area contributed by atoms with E-state index in [1.54, 1.807) is 29.5 Å². The second-order valence-electron chi connectivity index (χ2n) is 8.21. The minimum Gasteiger partial charge on any atom is -0.336 e. The third kappa shape index (κ3) is 4.33. The number of hydrogen-bond acceptors (Lipinski definition) is 4. The first kappa shape index (κ1) is 22.2. The number of aryl methyl sites for hydroxylation is 2. The van der Waals surface area contributed by atoms with Gasteiger partial charge in [-0.3, -0.25) is 9.48 Å². The third-order valence-electron chi connectivity index (χ3n) is 5.88. The fourth-order valence-electron chi connectivity index (χ4n) is 4.19. The second-order valence-corrected chi connectivity index (χ2v) is 10.1. The largest absolute Gasteiger partial charge is 0.336 e. The minimum absolute atomic E-state index is 0.0613. The highest BCUT2D eigenvalue weighted by atomic mass is 32.2. The fraction of sp³-hybridized carbons (Fsp3) is 0.333. The summed E-state index contributed by atoms with van der Waals surface area (Å²) in [6.45, 7) is 7.26. The van der Waals surface area contributed by atoms with Crippen LogP contribution in [0.25, 0.3) is 0 Å². The quantitative estimate of drug-likeness (QED) is 0.596. The third-order valence-corrected chi connectivity index (χ3v) is 8.03. The molecule has 3 aromatic rings. The summed E-state index contributed by atoms with van der Waals surface area (Å²) in [5.41, 5.74) is 3.84. The first-order chi connectivity index (χ1) is 15.3. The van der Waals surface area contributed by atoms with Gasteiger partial charge in [0, 0.05) is 31.7 Å². The van der Waals surface area contributed by atoms with Gasteiger partial charge < -0.3 is 4.90 Å². The van der Waals surface area contributed by atoms with Gasteiger partial charge in [0.15, 0.2) is 0 Å². The number of hydrogen-bond donors (Lipinski definition) is 0. The lowest BCUT2D eigenvalue weighted by Crippen LogP contribution is -2.50. The van der Waals surface area contributed by atoms with Crippen LogP contribution in [0.3, 0.4) is 0 Å². The molecule has 1 saturated heterocycles. The summed E-state index contributed by atoms with van der Waals surface area (Å²) in [7, 11) is -3.70. The van der Waals surface area contributed by atoms with Crippen molar-refractivity contribution in [2.45, 2.75) is 32.2 Å². The maximum absolute atomic E-state index is 13.5. The number of amides is 1. The Morgan fingerprint density at radius 1 is 0.938 bits per heavy atom. The van der Waals surface area contributed by atoms with E-state index >= 15 is 0 Å². The lowest BCUT2D eigenvalue weighted by Gasteiger charge is -2.34. The van der Waals surface area contributed by atoms with Crippen LogP contribution in [-0.2, 0) is 16.6 Å². The van der Waals surface area contributed by atoms with Gasteiger partial charge in [0.1, 0.15) is 4.90 Å². The lowest BCUT2D eigenvalue weighted by molar-refractivity contribution is 0.0697. The van der Waals surface area contributed by atoms with Crippen molar-refractivity contribution in [3.05, 3.63) is 82.7 Å². The molecular weight excluding hydrogens is 424 g/mol. The topological polar surface area (TPSA) is 75.5 Å². The molecule has 2 heterocycles. The summed E-state index contributed by atoms with van der Waals surface area (Å²) in [6, 6.07) is 17.3. The summed E-state index contributed by atoms with van der Waals surface area (Å²) in [6.07, 6.45) is 0. The van der Waals surface area contributed by atoms with Gasteiger partial charge in [0.05, 0.1) is 17.9 Å². The molecule has 0 N–H and O–H groups in total. The van der Waals surface area contributed by atoms with E-state index < -0.39 is 10.0 Å². The summed E-state index contributed by atoms with van der Waals surface area (Å²) >= 11 is 0. The predicted octanol–water partition coefficient (Wildman–Crippen LogP) is 3.00. The zero-order chi connectivity index (χ0) is 22.9. The van der Waals surface area contributed by atoms with E-state index in [1.807, 2.05) is 55.5 Å². The molecule has 168 valence electrons. The van der Waals surface area contributed by atoms with Gasteiger partial charge in [-0.05, 0) is 38.5 Å². The Morgan fingerprint density at radius 3 is 2.28 bits per heavy atom. The Labute approximate surface area is 189 Å². The first-order valence-corrected chi connectivity index (χ1v) is 12.2. The summed E-state index contributed by atoms with van der Waals surface area (Å²) in [5.74, 6) is -0.0613. The van der Waals surface area contributed by atoms with Crippen molar-refractivity contribution >= 4 is 15.9 Å². The van der Waals surface area contributed by atoms with Crippen molar-refractivity contribution in [1.29, 1.82) is 0 Å². The molecule has 4 rings (SSSR count). The molecule has 0 aliphatic carbocycles. The van der Waals surface area contributed by atoms with Gasteiger partial charge >= 0.3 is 0 Å². The normalized spacial score (nSPS) is 15.2. The van der Waals surface area contributed by atoms with Crippen LogP contribution in [0.5, 0.6) is 0 Å². The predicted molar refractivity (Wildman–Crippen MR) is 123 cm³/mol. The van der Waals surface area contributed by atoms with E-state index in [0.29, 0.717) is 36.6 Å². The monoisotopic (exact) mass is 452 g/mol. The van der Waals surface area contributed by atoms with Crippen LogP contribution >= 0.6 is 0 Å². The Morgan fingerprint density at radius 2 is 1.62 bits per heavy atom. The van der Waals surface area contributed by atoms with E-state index in [4.69, 9.17) is 0 Å². The number of benzene rings is 2. The standard InChI is InChI=1S/C24H28N4O3S/c1-18-8-7-11-22(16-18)24(29)26-12-14-27(15-13-26)32(30,31)23-19(2)25-28(20(23)3)17-21-9-5-4-6-10-21/h4-11,16H,12-15,17H2,1-3H3. The van der Waals surface area contributed by atoms with Crippen molar-refractivity contribution in [2.75, 3.05) is 26.2 Å².